The van der Waals surface area contributed by atoms with Gasteiger partial charge in [-0.25, -0.2) is 0 Å². The summed E-state index contributed by atoms with van der Waals surface area (Å²) in [6.07, 6.45) is 7.91. The third-order valence-corrected chi connectivity index (χ3v) is 3.83. The van der Waals surface area contributed by atoms with Gasteiger partial charge >= 0.3 is 0 Å². The molecule has 48 valence electrons. The highest BCUT2D eigenvalue weighted by atomic mass is 14.7. The Morgan fingerprint density at radius 2 is 2.33 bits per heavy atom. The molecule has 0 amide bonds. The van der Waals surface area contributed by atoms with Crippen LogP contribution in [0.5, 0.6) is 0 Å². The molecule has 2 bridgehead atoms. The van der Waals surface area contributed by atoms with E-state index >= 15 is 0 Å². The molecule has 4 atom stereocenters. The summed E-state index contributed by atoms with van der Waals surface area (Å²) in [6, 6.07) is 0. The van der Waals surface area contributed by atoms with E-state index in [0.29, 0.717) is 0 Å². The zero-order chi connectivity index (χ0) is 6.06. The molecule has 0 N–H and O–H groups in total. The van der Waals surface area contributed by atoms with Gasteiger partial charge in [0.2, 0.25) is 0 Å². The maximum atomic E-state index is 2.46. The maximum absolute atomic E-state index is 2.46. The second-order valence-corrected chi connectivity index (χ2v) is 4.21. The van der Waals surface area contributed by atoms with Crippen molar-refractivity contribution in [2.75, 3.05) is 0 Å². The van der Waals surface area contributed by atoms with Gasteiger partial charge in [0.1, 0.15) is 0 Å². The SMILES string of the molecule is CC12CC1C1C=CC2C1. The summed E-state index contributed by atoms with van der Waals surface area (Å²) in [5.74, 6) is 3.08. The Bertz CT molecular complexity index is 192. The molecule has 4 unspecified atom stereocenters. The second-order valence-electron chi connectivity index (χ2n) is 4.21. The fourth-order valence-corrected chi connectivity index (χ4v) is 3.00. The van der Waals surface area contributed by atoms with E-state index in [4.69, 9.17) is 0 Å². The van der Waals surface area contributed by atoms with Crippen LogP contribution in [0.15, 0.2) is 12.2 Å². The predicted molar refractivity (Wildman–Crippen MR) is 37.0 cm³/mol. The fraction of sp³-hybridized carbons (Fsp3) is 0.778. The highest BCUT2D eigenvalue weighted by molar-refractivity contribution is 5.25. The third-order valence-electron chi connectivity index (χ3n) is 3.83. The van der Waals surface area contributed by atoms with Crippen LogP contribution in [-0.4, -0.2) is 0 Å². The minimum absolute atomic E-state index is 0.791. The van der Waals surface area contributed by atoms with E-state index in [1.54, 1.807) is 0 Å². The summed E-state index contributed by atoms with van der Waals surface area (Å²) in [4.78, 5) is 0. The summed E-state index contributed by atoms with van der Waals surface area (Å²) in [6.45, 7) is 2.46. The van der Waals surface area contributed by atoms with Crippen molar-refractivity contribution in [2.24, 2.45) is 23.2 Å². The van der Waals surface area contributed by atoms with Crippen molar-refractivity contribution in [3.63, 3.8) is 0 Å². The number of hydrogen-bond acceptors (Lipinski definition) is 0. The van der Waals surface area contributed by atoms with Gasteiger partial charge in [-0.05, 0) is 36.0 Å². The van der Waals surface area contributed by atoms with E-state index in [-0.39, 0.29) is 0 Å². The fourth-order valence-electron chi connectivity index (χ4n) is 3.00. The van der Waals surface area contributed by atoms with Crippen LogP contribution >= 0.6 is 0 Å². The lowest BCUT2D eigenvalue weighted by Gasteiger charge is -2.11. The molecule has 2 fully saturated rings. The Kier molecular flexibility index (Phi) is 0.505. The van der Waals surface area contributed by atoms with Gasteiger partial charge in [-0.15, -0.1) is 0 Å². The van der Waals surface area contributed by atoms with Gasteiger partial charge in [-0.3, -0.25) is 0 Å². The predicted octanol–water partition coefficient (Wildman–Crippen LogP) is 2.22. The van der Waals surface area contributed by atoms with Gasteiger partial charge in [0, 0.05) is 0 Å². The molecule has 0 aromatic carbocycles. The minimum atomic E-state index is 0.791. The van der Waals surface area contributed by atoms with Crippen LogP contribution in [0.4, 0.5) is 0 Å². The van der Waals surface area contributed by atoms with E-state index < -0.39 is 0 Å². The highest BCUT2D eigenvalue weighted by Crippen LogP contribution is 2.71. The lowest BCUT2D eigenvalue weighted by molar-refractivity contribution is 0.437. The van der Waals surface area contributed by atoms with Gasteiger partial charge in [0.25, 0.3) is 0 Å². The molecule has 0 aromatic heterocycles. The molecule has 0 heteroatoms. The molecular weight excluding hydrogens is 108 g/mol. The second kappa shape index (κ2) is 1.00. The van der Waals surface area contributed by atoms with Crippen LogP contribution in [0.25, 0.3) is 0 Å². The van der Waals surface area contributed by atoms with Crippen molar-refractivity contribution in [2.45, 2.75) is 19.8 Å². The molecule has 3 aliphatic carbocycles. The smallest absolute Gasteiger partial charge is 0.0171 e. The first-order valence-corrected chi connectivity index (χ1v) is 3.99. The standard InChI is InChI=1S/C9H12/c1-9-5-8(9)6-2-3-7(9)4-6/h2-3,6-8H,4-5H2,1H3. The average Bonchev–Trinajstić information content (AvgIpc) is 2.34. The topological polar surface area (TPSA) is 0 Å². The minimum Gasteiger partial charge on any atom is -0.0848 e. The average molecular weight is 120 g/mol. The molecule has 9 heavy (non-hydrogen) atoms. The van der Waals surface area contributed by atoms with E-state index in [2.05, 4.69) is 19.1 Å². The lowest BCUT2D eigenvalue weighted by atomic mass is 9.93. The van der Waals surface area contributed by atoms with Crippen LogP contribution in [0.1, 0.15) is 19.8 Å². The zero-order valence-corrected chi connectivity index (χ0v) is 5.80. The Labute approximate surface area is 56.0 Å². The molecule has 0 aliphatic heterocycles. The molecule has 2 saturated carbocycles. The van der Waals surface area contributed by atoms with Gasteiger partial charge in [0.05, 0.1) is 0 Å². The normalized spacial score (nSPS) is 66.6. The molecule has 3 aliphatic rings. The number of allylic oxidation sites excluding steroid dienone is 2. The van der Waals surface area contributed by atoms with E-state index in [1.807, 2.05) is 0 Å². The van der Waals surface area contributed by atoms with Crippen molar-refractivity contribution in [3.05, 3.63) is 12.2 Å². The van der Waals surface area contributed by atoms with Gasteiger partial charge < -0.3 is 0 Å². The van der Waals surface area contributed by atoms with Crippen LogP contribution in [0, 0.1) is 23.2 Å². The van der Waals surface area contributed by atoms with E-state index in [9.17, 15) is 0 Å². The van der Waals surface area contributed by atoms with Crippen LogP contribution in [0.2, 0.25) is 0 Å². The van der Waals surface area contributed by atoms with Crippen LogP contribution in [-0.2, 0) is 0 Å². The van der Waals surface area contributed by atoms with Crippen molar-refractivity contribution in [1.82, 2.24) is 0 Å². The van der Waals surface area contributed by atoms with Gasteiger partial charge in [0.15, 0.2) is 0 Å². The molecular formula is C9H12. The molecule has 0 nitrogen and oxygen atoms in total. The Balaban J connectivity index is 2.12. The lowest BCUT2D eigenvalue weighted by Crippen LogP contribution is -2.04. The van der Waals surface area contributed by atoms with Crippen molar-refractivity contribution >= 4 is 0 Å². The van der Waals surface area contributed by atoms with Crippen LogP contribution in [0.3, 0.4) is 0 Å². The molecule has 3 rings (SSSR count). The summed E-state index contributed by atoms with van der Waals surface area (Å²) < 4.78 is 0. The Hall–Kier alpha value is -0.260. The van der Waals surface area contributed by atoms with E-state index in [0.717, 1.165) is 23.2 Å². The molecule has 0 radical (unpaired) electrons. The van der Waals surface area contributed by atoms with Crippen molar-refractivity contribution < 1.29 is 0 Å². The first-order valence-electron chi connectivity index (χ1n) is 3.99. The molecule has 0 saturated heterocycles. The summed E-state index contributed by atoms with van der Waals surface area (Å²) >= 11 is 0. The van der Waals surface area contributed by atoms with Crippen molar-refractivity contribution in [3.8, 4) is 0 Å². The first-order chi connectivity index (χ1) is 4.31. The number of hydrogen-bond donors (Lipinski definition) is 0. The van der Waals surface area contributed by atoms with Gasteiger partial charge in [-0.1, -0.05) is 19.1 Å². The summed E-state index contributed by atoms with van der Waals surface area (Å²) in [7, 11) is 0. The Morgan fingerprint density at radius 1 is 1.44 bits per heavy atom. The number of rotatable bonds is 0. The molecule has 0 spiro atoms. The van der Waals surface area contributed by atoms with E-state index in [1.165, 1.54) is 12.8 Å². The molecule has 0 aromatic rings. The number of fused-ring (bicyclic) bond motifs is 5. The van der Waals surface area contributed by atoms with Gasteiger partial charge in [-0.2, -0.15) is 0 Å². The molecule has 0 heterocycles. The highest BCUT2D eigenvalue weighted by Gasteiger charge is 2.64. The monoisotopic (exact) mass is 120 g/mol. The largest absolute Gasteiger partial charge is 0.0848 e. The zero-order valence-electron chi connectivity index (χ0n) is 5.80. The quantitative estimate of drug-likeness (QED) is 0.430. The third kappa shape index (κ3) is 0.331. The van der Waals surface area contributed by atoms with Crippen molar-refractivity contribution in [1.29, 1.82) is 0 Å². The van der Waals surface area contributed by atoms with Crippen LogP contribution < -0.4 is 0 Å². The first kappa shape index (κ1) is 4.54. The Morgan fingerprint density at radius 3 is 2.78 bits per heavy atom. The summed E-state index contributed by atoms with van der Waals surface area (Å²) in [5.41, 5.74) is 0.791. The maximum Gasteiger partial charge on any atom is -0.0171 e. The summed E-state index contributed by atoms with van der Waals surface area (Å²) in [5, 5.41) is 0.